The quantitative estimate of drug-likeness (QED) is 0.364. The van der Waals surface area contributed by atoms with Crippen LogP contribution >= 0.6 is 0 Å². The molecule has 1 aromatic heterocycles. The molecule has 0 unspecified atom stereocenters. The Kier molecular flexibility index (Phi) is 6.54. The number of likely N-dealkylation sites (tertiary alicyclic amines) is 1. The Morgan fingerprint density at radius 3 is 2.32 bits per heavy atom. The summed E-state index contributed by atoms with van der Waals surface area (Å²) in [6, 6.07) is 24.9. The van der Waals surface area contributed by atoms with Crippen LogP contribution in [0.2, 0.25) is 0 Å². The number of Topliss-reactive ketones (excluding diaryl/α,β-unsaturated/α-hetero) is 1. The molecule has 1 atom stereocenters. The number of amides is 1. The second kappa shape index (κ2) is 10.1. The zero-order chi connectivity index (χ0) is 23.3. The van der Waals surface area contributed by atoms with Crippen molar-refractivity contribution in [2.45, 2.75) is 31.8 Å². The van der Waals surface area contributed by atoms with Gasteiger partial charge in [0.05, 0.1) is 6.04 Å². The lowest BCUT2D eigenvalue weighted by molar-refractivity contribution is 0.0724. The van der Waals surface area contributed by atoms with Gasteiger partial charge in [-0.15, -0.1) is 0 Å². The first-order chi connectivity index (χ1) is 16.7. The molecule has 5 heteroatoms. The monoisotopic (exact) mass is 451 g/mol. The van der Waals surface area contributed by atoms with Crippen molar-refractivity contribution >= 4 is 22.6 Å². The maximum Gasteiger partial charge on any atom is 0.253 e. The predicted octanol–water partition coefficient (Wildman–Crippen LogP) is 5.51. The average molecular weight is 452 g/mol. The van der Waals surface area contributed by atoms with Crippen LogP contribution < -0.4 is 5.32 Å². The first-order valence-corrected chi connectivity index (χ1v) is 12.0. The molecule has 1 fully saturated rings. The van der Waals surface area contributed by atoms with E-state index in [-0.39, 0.29) is 11.7 Å². The normalized spacial score (nSPS) is 14.8. The van der Waals surface area contributed by atoms with Gasteiger partial charge < -0.3 is 9.88 Å². The number of rotatable bonds is 7. The third-order valence-electron chi connectivity index (χ3n) is 6.60. The number of aromatic nitrogens is 1. The molecule has 1 amide bonds. The molecule has 0 spiro atoms. The third-order valence-corrected chi connectivity index (χ3v) is 6.60. The molecular weight excluding hydrogens is 422 g/mol. The summed E-state index contributed by atoms with van der Waals surface area (Å²) >= 11 is 0. The van der Waals surface area contributed by atoms with Crippen molar-refractivity contribution < 1.29 is 9.59 Å². The maximum atomic E-state index is 13.6. The van der Waals surface area contributed by atoms with E-state index in [0.717, 1.165) is 53.5 Å². The molecule has 4 aromatic rings. The van der Waals surface area contributed by atoms with Gasteiger partial charge in [0.1, 0.15) is 0 Å². The van der Waals surface area contributed by atoms with Gasteiger partial charge in [0, 0.05) is 47.9 Å². The Bertz CT molecular complexity index is 1270. The molecule has 3 aromatic carbocycles. The summed E-state index contributed by atoms with van der Waals surface area (Å²) in [7, 11) is 0. The Labute approximate surface area is 199 Å². The number of carbonyl (C=O) groups excluding carboxylic acids is 2. The molecule has 0 bridgehead atoms. The minimum absolute atomic E-state index is 0.0283. The van der Waals surface area contributed by atoms with Crippen LogP contribution in [0.3, 0.4) is 0 Å². The van der Waals surface area contributed by atoms with Crippen LogP contribution in [-0.4, -0.2) is 34.7 Å². The van der Waals surface area contributed by atoms with Crippen molar-refractivity contribution in [3.05, 3.63) is 107 Å². The molecule has 0 aliphatic carbocycles. The fraction of sp³-hybridized carbons (Fsp3) is 0.241. The lowest BCUT2D eigenvalue weighted by atomic mass is 9.96. The van der Waals surface area contributed by atoms with Gasteiger partial charge in [-0.05, 0) is 48.6 Å². The van der Waals surface area contributed by atoms with Crippen LogP contribution in [-0.2, 0) is 6.54 Å². The molecule has 5 rings (SSSR count). The molecule has 2 N–H and O–H groups in total. The highest BCUT2D eigenvalue weighted by atomic mass is 16.2. The number of nitrogens with zero attached hydrogens (tertiary/aromatic N) is 1. The average Bonchev–Trinajstić information content (AvgIpc) is 3.34. The fourth-order valence-corrected chi connectivity index (χ4v) is 4.70. The van der Waals surface area contributed by atoms with E-state index in [4.69, 9.17) is 0 Å². The Hall–Kier alpha value is -3.70. The standard InChI is InChI=1S/C29H29N3O2/c33-28(25-20-30-26-12-6-5-11-24(25)26)27(22-9-3-1-4-10-22)31-19-21-13-15-23(16-14-21)29(34)32-17-7-2-8-18-32/h1,3-6,9-16,20,27,30-31H,2,7-8,17-19H2/t27-/m0/s1. The number of para-hydroxylation sites is 1. The van der Waals surface area contributed by atoms with Crippen LogP contribution in [0.5, 0.6) is 0 Å². The predicted molar refractivity (Wildman–Crippen MR) is 135 cm³/mol. The largest absolute Gasteiger partial charge is 0.360 e. The van der Waals surface area contributed by atoms with Crippen LogP contribution in [0.1, 0.15) is 57.1 Å². The third kappa shape index (κ3) is 4.66. The molecule has 0 saturated carbocycles. The van der Waals surface area contributed by atoms with Gasteiger partial charge in [-0.3, -0.25) is 14.9 Å². The van der Waals surface area contributed by atoms with Crippen LogP contribution in [0.15, 0.2) is 85.1 Å². The van der Waals surface area contributed by atoms with E-state index in [2.05, 4.69) is 10.3 Å². The fourth-order valence-electron chi connectivity index (χ4n) is 4.70. The summed E-state index contributed by atoms with van der Waals surface area (Å²) in [5.74, 6) is 0.136. The number of H-pyrrole nitrogens is 1. The minimum Gasteiger partial charge on any atom is -0.360 e. The second-order valence-electron chi connectivity index (χ2n) is 8.89. The van der Waals surface area contributed by atoms with E-state index in [9.17, 15) is 9.59 Å². The van der Waals surface area contributed by atoms with E-state index in [1.807, 2.05) is 83.8 Å². The van der Waals surface area contributed by atoms with Crippen molar-refractivity contribution in [1.29, 1.82) is 0 Å². The molecule has 5 nitrogen and oxygen atoms in total. The number of benzene rings is 3. The van der Waals surface area contributed by atoms with Gasteiger partial charge in [-0.2, -0.15) is 0 Å². The zero-order valence-electron chi connectivity index (χ0n) is 19.2. The first-order valence-electron chi connectivity index (χ1n) is 12.0. The summed E-state index contributed by atoms with van der Waals surface area (Å²) in [4.78, 5) is 31.5. The number of aromatic amines is 1. The van der Waals surface area contributed by atoms with Crippen molar-refractivity contribution in [1.82, 2.24) is 15.2 Å². The molecule has 2 heterocycles. The summed E-state index contributed by atoms with van der Waals surface area (Å²) in [6.45, 7) is 2.21. The summed E-state index contributed by atoms with van der Waals surface area (Å²) < 4.78 is 0. The molecule has 1 aliphatic rings. The van der Waals surface area contributed by atoms with Crippen LogP contribution in [0.4, 0.5) is 0 Å². The minimum atomic E-state index is -0.477. The summed E-state index contributed by atoms with van der Waals surface area (Å²) in [6.07, 6.45) is 5.16. The molecule has 172 valence electrons. The van der Waals surface area contributed by atoms with E-state index < -0.39 is 6.04 Å². The number of hydrogen-bond acceptors (Lipinski definition) is 3. The van der Waals surface area contributed by atoms with Crippen LogP contribution in [0, 0.1) is 0 Å². The highest BCUT2D eigenvalue weighted by Gasteiger charge is 2.24. The lowest BCUT2D eigenvalue weighted by Gasteiger charge is -2.26. The zero-order valence-corrected chi connectivity index (χ0v) is 19.2. The van der Waals surface area contributed by atoms with Crippen molar-refractivity contribution in [2.75, 3.05) is 13.1 Å². The molecule has 34 heavy (non-hydrogen) atoms. The lowest BCUT2D eigenvalue weighted by Crippen LogP contribution is -2.35. The smallest absolute Gasteiger partial charge is 0.253 e. The number of carbonyl (C=O) groups is 2. The highest BCUT2D eigenvalue weighted by Crippen LogP contribution is 2.25. The SMILES string of the molecule is O=C(c1c[nH]c2ccccc12)[C@@H](NCc1ccc(C(=O)N2CCCCC2)cc1)c1ccccc1. The van der Waals surface area contributed by atoms with Gasteiger partial charge >= 0.3 is 0 Å². The topological polar surface area (TPSA) is 65.2 Å². The summed E-state index contributed by atoms with van der Waals surface area (Å²) in [5, 5.41) is 4.39. The number of piperidine rings is 1. The molecule has 0 radical (unpaired) electrons. The number of fused-ring (bicyclic) bond motifs is 1. The van der Waals surface area contributed by atoms with E-state index in [1.165, 1.54) is 6.42 Å². The Morgan fingerprint density at radius 2 is 1.56 bits per heavy atom. The van der Waals surface area contributed by atoms with Crippen molar-refractivity contribution in [3.63, 3.8) is 0 Å². The molecular formula is C29H29N3O2. The number of hydrogen-bond donors (Lipinski definition) is 2. The van der Waals surface area contributed by atoms with E-state index in [0.29, 0.717) is 12.1 Å². The molecule has 1 aliphatic heterocycles. The van der Waals surface area contributed by atoms with Gasteiger partial charge in [0.2, 0.25) is 0 Å². The molecule has 1 saturated heterocycles. The van der Waals surface area contributed by atoms with E-state index >= 15 is 0 Å². The van der Waals surface area contributed by atoms with Gasteiger partial charge in [-0.1, -0.05) is 60.7 Å². The van der Waals surface area contributed by atoms with Gasteiger partial charge in [0.25, 0.3) is 5.91 Å². The Balaban J connectivity index is 1.33. The maximum absolute atomic E-state index is 13.6. The first kappa shape index (κ1) is 22.1. The highest BCUT2D eigenvalue weighted by molar-refractivity contribution is 6.10. The van der Waals surface area contributed by atoms with Crippen LogP contribution in [0.25, 0.3) is 10.9 Å². The van der Waals surface area contributed by atoms with Crippen molar-refractivity contribution in [2.24, 2.45) is 0 Å². The summed E-state index contributed by atoms with van der Waals surface area (Å²) in [5.41, 5.74) is 4.31. The van der Waals surface area contributed by atoms with Crippen molar-refractivity contribution in [3.8, 4) is 0 Å². The second-order valence-corrected chi connectivity index (χ2v) is 8.89. The van der Waals surface area contributed by atoms with E-state index in [1.54, 1.807) is 6.20 Å². The number of ketones is 1. The number of nitrogens with one attached hydrogen (secondary N) is 2. The van der Waals surface area contributed by atoms with Gasteiger partial charge in [-0.25, -0.2) is 0 Å². The van der Waals surface area contributed by atoms with Gasteiger partial charge in [0.15, 0.2) is 5.78 Å². The Morgan fingerprint density at radius 1 is 0.853 bits per heavy atom.